The molecule has 0 N–H and O–H groups in total. The number of methoxy groups -OCH3 is 1. The standard InChI is InChI=1S/C9H7IOS2/c1-11-6-2-5-3-9(10)13-8(5)4-7(6)12/h2-4,12H,1H3. The number of thiophene rings is 1. The van der Waals surface area contributed by atoms with E-state index in [9.17, 15) is 0 Å². The molecule has 0 atom stereocenters. The molecule has 1 nitrogen and oxygen atoms in total. The minimum atomic E-state index is 0.838. The van der Waals surface area contributed by atoms with Gasteiger partial charge in [-0.25, -0.2) is 0 Å². The maximum absolute atomic E-state index is 5.19. The first kappa shape index (κ1) is 9.61. The van der Waals surface area contributed by atoms with Crippen molar-refractivity contribution in [2.45, 2.75) is 4.90 Å². The summed E-state index contributed by atoms with van der Waals surface area (Å²) in [4.78, 5) is 0.897. The third kappa shape index (κ3) is 1.80. The highest BCUT2D eigenvalue weighted by Gasteiger charge is 2.04. The molecule has 0 aliphatic rings. The molecule has 0 aliphatic carbocycles. The molecule has 0 saturated heterocycles. The number of thiol groups is 1. The van der Waals surface area contributed by atoms with Crippen molar-refractivity contribution < 1.29 is 4.74 Å². The summed E-state index contributed by atoms with van der Waals surface area (Å²) in [5.41, 5.74) is 0. The monoisotopic (exact) mass is 322 g/mol. The smallest absolute Gasteiger partial charge is 0.132 e. The zero-order valence-corrected chi connectivity index (χ0v) is 10.7. The SMILES string of the molecule is COc1cc2cc(I)sc2cc1S. The second kappa shape index (κ2) is 3.67. The fourth-order valence-electron chi connectivity index (χ4n) is 1.19. The van der Waals surface area contributed by atoms with Crippen LogP contribution >= 0.6 is 46.6 Å². The van der Waals surface area contributed by atoms with E-state index < -0.39 is 0 Å². The number of ether oxygens (including phenoxy) is 1. The summed E-state index contributed by atoms with van der Waals surface area (Å²) in [5, 5.41) is 1.23. The second-order valence-corrected chi connectivity index (χ2v) is 6.07. The molecule has 0 bridgehead atoms. The van der Waals surface area contributed by atoms with E-state index in [1.807, 2.05) is 12.1 Å². The van der Waals surface area contributed by atoms with Crippen molar-refractivity contribution in [3.63, 3.8) is 0 Å². The Morgan fingerprint density at radius 2 is 2.15 bits per heavy atom. The number of hydrogen-bond donors (Lipinski definition) is 1. The molecule has 2 aromatic rings. The summed E-state index contributed by atoms with van der Waals surface area (Å²) in [6.45, 7) is 0. The van der Waals surface area contributed by atoms with Gasteiger partial charge in [-0.3, -0.25) is 0 Å². The maximum atomic E-state index is 5.19. The second-order valence-electron chi connectivity index (χ2n) is 2.61. The molecule has 1 aromatic heterocycles. The van der Waals surface area contributed by atoms with Crippen molar-refractivity contribution in [3.05, 3.63) is 21.1 Å². The Labute approximate surface area is 99.6 Å². The van der Waals surface area contributed by atoms with Crippen LogP contribution in [0, 0.1) is 2.88 Å². The van der Waals surface area contributed by atoms with Gasteiger partial charge in [0.15, 0.2) is 0 Å². The van der Waals surface area contributed by atoms with E-state index in [0.29, 0.717) is 0 Å². The molecular weight excluding hydrogens is 315 g/mol. The predicted molar refractivity (Wildman–Crippen MR) is 68.3 cm³/mol. The molecule has 0 saturated carbocycles. The van der Waals surface area contributed by atoms with Gasteiger partial charge in [0.1, 0.15) is 5.75 Å². The lowest BCUT2D eigenvalue weighted by Crippen LogP contribution is -1.83. The molecule has 13 heavy (non-hydrogen) atoms. The van der Waals surface area contributed by atoms with Gasteiger partial charge in [-0.1, -0.05) is 0 Å². The Morgan fingerprint density at radius 3 is 2.85 bits per heavy atom. The van der Waals surface area contributed by atoms with Crippen LogP contribution in [0.3, 0.4) is 0 Å². The van der Waals surface area contributed by atoms with E-state index in [1.54, 1.807) is 18.4 Å². The van der Waals surface area contributed by atoms with Crippen LogP contribution in [0.2, 0.25) is 0 Å². The molecule has 1 heterocycles. The minimum absolute atomic E-state index is 0.838. The van der Waals surface area contributed by atoms with E-state index in [2.05, 4.69) is 41.3 Å². The molecule has 0 fully saturated rings. The van der Waals surface area contributed by atoms with Crippen LogP contribution in [0.15, 0.2) is 23.1 Å². The van der Waals surface area contributed by atoms with E-state index in [1.165, 1.54) is 13.0 Å². The molecule has 0 aliphatic heterocycles. The number of halogens is 1. The number of rotatable bonds is 1. The van der Waals surface area contributed by atoms with Crippen LogP contribution < -0.4 is 4.74 Å². The Morgan fingerprint density at radius 1 is 1.38 bits per heavy atom. The predicted octanol–water partition coefficient (Wildman–Crippen LogP) is 3.80. The molecule has 2 rings (SSSR count). The summed E-state index contributed by atoms with van der Waals surface area (Å²) in [6, 6.07) is 6.22. The van der Waals surface area contributed by atoms with Crippen LogP contribution in [0.1, 0.15) is 0 Å². The Balaban J connectivity index is 2.72. The zero-order valence-electron chi connectivity index (χ0n) is 6.87. The topological polar surface area (TPSA) is 9.23 Å². The first-order valence-corrected chi connectivity index (χ1v) is 6.01. The van der Waals surface area contributed by atoms with Gasteiger partial charge in [-0.15, -0.1) is 24.0 Å². The van der Waals surface area contributed by atoms with E-state index in [-0.39, 0.29) is 0 Å². The molecule has 68 valence electrons. The quantitative estimate of drug-likeness (QED) is 0.621. The fraction of sp³-hybridized carbons (Fsp3) is 0.111. The molecular formula is C9H7IOS2. The van der Waals surface area contributed by atoms with Gasteiger partial charge >= 0.3 is 0 Å². The largest absolute Gasteiger partial charge is 0.496 e. The van der Waals surface area contributed by atoms with Crippen LogP contribution in [-0.2, 0) is 0 Å². The normalized spacial score (nSPS) is 10.7. The van der Waals surface area contributed by atoms with Gasteiger partial charge in [-0.05, 0) is 46.2 Å². The molecule has 1 aromatic carbocycles. The molecule has 0 spiro atoms. The summed E-state index contributed by atoms with van der Waals surface area (Å²) < 4.78 is 7.73. The zero-order chi connectivity index (χ0) is 9.42. The summed E-state index contributed by atoms with van der Waals surface area (Å²) in [7, 11) is 1.66. The van der Waals surface area contributed by atoms with Gasteiger partial charge in [-0.2, -0.15) is 0 Å². The minimum Gasteiger partial charge on any atom is -0.496 e. The maximum Gasteiger partial charge on any atom is 0.132 e. The average molecular weight is 322 g/mol. The van der Waals surface area contributed by atoms with Crippen molar-refractivity contribution in [1.29, 1.82) is 0 Å². The highest BCUT2D eigenvalue weighted by atomic mass is 127. The van der Waals surface area contributed by atoms with Gasteiger partial charge in [0.2, 0.25) is 0 Å². The van der Waals surface area contributed by atoms with Crippen molar-refractivity contribution >= 4 is 56.6 Å². The van der Waals surface area contributed by atoms with Gasteiger partial charge in [0.25, 0.3) is 0 Å². The molecule has 0 amide bonds. The number of hydrogen-bond acceptors (Lipinski definition) is 3. The van der Waals surface area contributed by atoms with Crippen molar-refractivity contribution in [2.24, 2.45) is 0 Å². The Hall–Kier alpha value is 0.0600. The van der Waals surface area contributed by atoms with Crippen LogP contribution in [-0.4, -0.2) is 7.11 Å². The summed E-state index contributed by atoms with van der Waals surface area (Å²) in [6.07, 6.45) is 0. The lowest BCUT2D eigenvalue weighted by molar-refractivity contribution is 0.406. The highest BCUT2D eigenvalue weighted by molar-refractivity contribution is 14.1. The highest BCUT2D eigenvalue weighted by Crippen LogP contribution is 2.33. The lowest BCUT2D eigenvalue weighted by atomic mass is 10.2. The molecule has 0 unspecified atom stereocenters. The van der Waals surface area contributed by atoms with Crippen molar-refractivity contribution in [1.82, 2.24) is 0 Å². The summed E-state index contributed by atoms with van der Waals surface area (Å²) >= 11 is 8.43. The number of fused-ring (bicyclic) bond motifs is 1. The summed E-state index contributed by atoms with van der Waals surface area (Å²) in [5.74, 6) is 0.838. The van der Waals surface area contributed by atoms with Gasteiger partial charge in [0, 0.05) is 9.60 Å². The first-order chi connectivity index (χ1) is 6.20. The van der Waals surface area contributed by atoms with Gasteiger partial charge < -0.3 is 4.74 Å². The number of benzene rings is 1. The Bertz CT molecular complexity index is 450. The van der Waals surface area contributed by atoms with Crippen LogP contribution in [0.25, 0.3) is 10.1 Å². The molecule has 4 heteroatoms. The fourth-order valence-corrected chi connectivity index (χ4v) is 3.41. The van der Waals surface area contributed by atoms with E-state index in [4.69, 9.17) is 4.74 Å². The molecule has 0 radical (unpaired) electrons. The van der Waals surface area contributed by atoms with Crippen LogP contribution in [0.5, 0.6) is 5.75 Å². The third-order valence-corrected chi connectivity index (χ3v) is 4.00. The van der Waals surface area contributed by atoms with Crippen molar-refractivity contribution in [2.75, 3.05) is 7.11 Å². The van der Waals surface area contributed by atoms with E-state index >= 15 is 0 Å². The first-order valence-electron chi connectivity index (χ1n) is 3.67. The Kier molecular flexibility index (Phi) is 2.71. The van der Waals surface area contributed by atoms with E-state index in [0.717, 1.165) is 10.6 Å². The van der Waals surface area contributed by atoms with Crippen molar-refractivity contribution in [3.8, 4) is 5.75 Å². The third-order valence-electron chi connectivity index (χ3n) is 1.79. The lowest BCUT2D eigenvalue weighted by Gasteiger charge is -2.02. The van der Waals surface area contributed by atoms with Crippen LogP contribution in [0.4, 0.5) is 0 Å². The van der Waals surface area contributed by atoms with Gasteiger partial charge in [0.05, 0.1) is 9.99 Å². The average Bonchev–Trinajstić information content (AvgIpc) is 2.42.